The number of carboxylic acid groups (broad SMARTS) is 1. The number of nitrogens with two attached hydrogens (primary N) is 1. The van der Waals surface area contributed by atoms with Crippen molar-refractivity contribution in [3.05, 3.63) is 0 Å². The summed E-state index contributed by atoms with van der Waals surface area (Å²) in [6.45, 7) is 4.30. The van der Waals surface area contributed by atoms with E-state index in [1.807, 2.05) is 13.8 Å². The lowest BCUT2D eigenvalue weighted by molar-refractivity contribution is -0.151. The maximum atomic E-state index is 10.9. The molecule has 1 fully saturated rings. The van der Waals surface area contributed by atoms with E-state index >= 15 is 0 Å². The quantitative estimate of drug-likeness (QED) is 0.650. The van der Waals surface area contributed by atoms with E-state index in [0.717, 1.165) is 0 Å². The van der Waals surface area contributed by atoms with Gasteiger partial charge in [0.05, 0.1) is 6.04 Å². The van der Waals surface area contributed by atoms with Crippen molar-refractivity contribution in [1.29, 1.82) is 0 Å². The van der Waals surface area contributed by atoms with Crippen LogP contribution in [0.15, 0.2) is 0 Å². The second-order valence-corrected chi connectivity index (χ2v) is 3.97. The lowest BCUT2D eigenvalue weighted by Crippen LogP contribution is -2.62. The lowest BCUT2D eigenvalue weighted by Gasteiger charge is -2.43. The van der Waals surface area contributed by atoms with Gasteiger partial charge in [0.15, 0.2) is 0 Å². The zero-order valence-corrected chi connectivity index (χ0v) is 8.43. The number of carbonyl (C=O) groups excluding carboxylic acids is 1. The van der Waals surface area contributed by atoms with E-state index in [1.165, 1.54) is 0 Å². The first-order valence-electron chi connectivity index (χ1n) is 4.73. The fraction of sp³-hybridized carbons (Fsp3) is 0.778. The summed E-state index contributed by atoms with van der Waals surface area (Å²) in [6, 6.07) is -0.986. The second kappa shape index (κ2) is 3.96. The molecule has 5 heteroatoms. The Bertz CT molecular complexity index is 252. The number of hydrogen-bond acceptors (Lipinski definition) is 3. The third kappa shape index (κ3) is 1.87. The molecular weight excluding hydrogens is 184 g/mol. The third-order valence-electron chi connectivity index (χ3n) is 2.63. The Balaban J connectivity index is 2.70. The highest BCUT2D eigenvalue weighted by molar-refractivity contribution is 5.82. The minimum absolute atomic E-state index is 0.0188. The number of carboxylic acids is 1. The Labute approximate surface area is 82.9 Å². The molecule has 0 bridgehead atoms. The number of primary amides is 1. The first kappa shape index (κ1) is 11.0. The summed E-state index contributed by atoms with van der Waals surface area (Å²) < 4.78 is 0. The number of aliphatic carboxylic acids is 1. The third-order valence-corrected chi connectivity index (χ3v) is 2.63. The van der Waals surface area contributed by atoms with Crippen LogP contribution in [0.2, 0.25) is 0 Å². The largest absolute Gasteiger partial charge is 0.480 e. The molecule has 0 aliphatic carbocycles. The van der Waals surface area contributed by atoms with Gasteiger partial charge in [-0.05, 0) is 12.3 Å². The predicted octanol–water partition coefficient (Wildman–Crippen LogP) is -0.345. The molecule has 1 amide bonds. The highest BCUT2D eigenvalue weighted by Gasteiger charge is 2.41. The molecule has 0 aromatic carbocycles. The minimum atomic E-state index is -0.883. The van der Waals surface area contributed by atoms with Crippen molar-refractivity contribution in [2.75, 3.05) is 6.54 Å². The monoisotopic (exact) mass is 200 g/mol. The van der Waals surface area contributed by atoms with E-state index < -0.39 is 24.0 Å². The van der Waals surface area contributed by atoms with Crippen LogP contribution in [0, 0.1) is 5.92 Å². The van der Waals surface area contributed by atoms with Gasteiger partial charge < -0.3 is 10.8 Å². The number of rotatable bonds is 4. The van der Waals surface area contributed by atoms with Crippen molar-refractivity contribution in [3.8, 4) is 0 Å². The van der Waals surface area contributed by atoms with Crippen LogP contribution in [0.1, 0.15) is 20.3 Å². The van der Waals surface area contributed by atoms with E-state index in [-0.39, 0.29) is 5.92 Å². The van der Waals surface area contributed by atoms with Gasteiger partial charge in [-0.25, -0.2) is 0 Å². The van der Waals surface area contributed by atoms with Crippen molar-refractivity contribution >= 4 is 11.9 Å². The Morgan fingerprint density at radius 2 is 2.07 bits per heavy atom. The molecule has 80 valence electrons. The van der Waals surface area contributed by atoms with Crippen LogP contribution >= 0.6 is 0 Å². The van der Waals surface area contributed by atoms with Crippen molar-refractivity contribution < 1.29 is 14.7 Å². The summed E-state index contributed by atoms with van der Waals surface area (Å²) in [6.07, 6.45) is 0.672. The van der Waals surface area contributed by atoms with Gasteiger partial charge in [0.1, 0.15) is 6.04 Å². The first-order valence-corrected chi connectivity index (χ1v) is 4.73. The van der Waals surface area contributed by atoms with Gasteiger partial charge in [-0.1, -0.05) is 13.8 Å². The summed E-state index contributed by atoms with van der Waals surface area (Å²) >= 11 is 0. The van der Waals surface area contributed by atoms with Crippen molar-refractivity contribution in [2.45, 2.75) is 32.4 Å². The molecule has 1 heterocycles. The Morgan fingerprint density at radius 1 is 1.50 bits per heavy atom. The summed E-state index contributed by atoms with van der Waals surface area (Å²) in [5, 5.41) is 8.98. The van der Waals surface area contributed by atoms with Gasteiger partial charge in [0, 0.05) is 6.54 Å². The average Bonchev–Trinajstić information content (AvgIpc) is 1.94. The standard InChI is InChI=1S/C9H16N2O3/c1-5(2)7(9(13)14)11-4-3-6(11)8(10)12/h5-7H,3-4H2,1-2H3,(H2,10,12)(H,13,14). The minimum Gasteiger partial charge on any atom is -0.480 e. The van der Waals surface area contributed by atoms with E-state index in [2.05, 4.69) is 0 Å². The maximum Gasteiger partial charge on any atom is 0.321 e. The summed E-state index contributed by atoms with van der Waals surface area (Å²) in [4.78, 5) is 23.5. The summed E-state index contributed by atoms with van der Waals surface area (Å²) in [5.41, 5.74) is 5.15. The number of likely N-dealkylation sites (tertiary alicyclic amines) is 1. The SMILES string of the molecule is CC(C)C(C(=O)O)N1CCC1C(N)=O. The number of hydrogen-bond donors (Lipinski definition) is 2. The van der Waals surface area contributed by atoms with Crippen molar-refractivity contribution in [1.82, 2.24) is 4.90 Å². The highest BCUT2D eigenvalue weighted by Crippen LogP contribution is 2.24. The van der Waals surface area contributed by atoms with E-state index in [0.29, 0.717) is 13.0 Å². The molecule has 0 radical (unpaired) electrons. The van der Waals surface area contributed by atoms with Crippen LogP contribution in [0.5, 0.6) is 0 Å². The first-order chi connectivity index (χ1) is 6.45. The zero-order valence-electron chi connectivity index (χ0n) is 8.43. The molecule has 5 nitrogen and oxygen atoms in total. The fourth-order valence-electron chi connectivity index (χ4n) is 1.86. The van der Waals surface area contributed by atoms with Crippen LogP contribution in [0.3, 0.4) is 0 Å². The van der Waals surface area contributed by atoms with Crippen molar-refractivity contribution in [2.24, 2.45) is 11.7 Å². The molecule has 0 spiro atoms. The summed E-state index contributed by atoms with van der Waals surface area (Å²) in [5.74, 6) is -1.33. The van der Waals surface area contributed by atoms with E-state index in [9.17, 15) is 9.59 Å². The molecule has 1 saturated heterocycles. The molecule has 0 aromatic rings. The molecule has 1 aliphatic heterocycles. The van der Waals surface area contributed by atoms with Gasteiger partial charge in [-0.15, -0.1) is 0 Å². The lowest BCUT2D eigenvalue weighted by atomic mass is 9.93. The molecule has 1 aliphatic rings. The van der Waals surface area contributed by atoms with Gasteiger partial charge in [-0.2, -0.15) is 0 Å². The molecular formula is C9H16N2O3. The van der Waals surface area contributed by atoms with E-state index in [4.69, 9.17) is 10.8 Å². The predicted molar refractivity (Wildman–Crippen MR) is 50.6 cm³/mol. The van der Waals surface area contributed by atoms with Crippen LogP contribution < -0.4 is 5.73 Å². The fourth-order valence-corrected chi connectivity index (χ4v) is 1.86. The Hall–Kier alpha value is -1.10. The second-order valence-electron chi connectivity index (χ2n) is 3.97. The van der Waals surface area contributed by atoms with Crippen molar-refractivity contribution in [3.63, 3.8) is 0 Å². The molecule has 3 N–H and O–H groups in total. The maximum absolute atomic E-state index is 10.9. The molecule has 0 saturated carbocycles. The van der Waals surface area contributed by atoms with Crippen LogP contribution in [-0.2, 0) is 9.59 Å². The molecule has 0 aromatic heterocycles. The number of amides is 1. The molecule has 1 rings (SSSR count). The van der Waals surface area contributed by atoms with Crippen LogP contribution in [0.25, 0.3) is 0 Å². The molecule has 2 atom stereocenters. The normalized spacial score (nSPS) is 24.4. The summed E-state index contributed by atoms with van der Waals surface area (Å²) in [7, 11) is 0. The zero-order chi connectivity index (χ0) is 10.9. The van der Waals surface area contributed by atoms with Crippen LogP contribution in [0.4, 0.5) is 0 Å². The van der Waals surface area contributed by atoms with E-state index in [1.54, 1.807) is 4.90 Å². The van der Waals surface area contributed by atoms with Gasteiger partial charge in [0.25, 0.3) is 0 Å². The topological polar surface area (TPSA) is 83.6 Å². The number of carbonyl (C=O) groups is 2. The Kier molecular flexibility index (Phi) is 3.10. The highest BCUT2D eigenvalue weighted by atomic mass is 16.4. The van der Waals surface area contributed by atoms with Gasteiger partial charge in [-0.3, -0.25) is 14.5 Å². The Morgan fingerprint density at radius 3 is 2.29 bits per heavy atom. The molecule has 2 unspecified atom stereocenters. The van der Waals surface area contributed by atoms with Crippen LogP contribution in [-0.4, -0.2) is 40.5 Å². The van der Waals surface area contributed by atoms with Gasteiger partial charge in [0.2, 0.25) is 5.91 Å². The van der Waals surface area contributed by atoms with Gasteiger partial charge >= 0.3 is 5.97 Å². The average molecular weight is 200 g/mol. The smallest absolute Gasteiger partial charge is 0.321 e. The molecule has 14 heavy (non-hydrogen) atoms. The number of nitrogens with zero attached hydrogens (tertiary/aromatic N) is 1.